The van der Waals surface area contributed by atoms with Crippen LogP contribution >= 0.6 is 0 Å². The molecule has 2 fully saturated rings. The first-order chi connectivity index (χ1) is 9.73. The molecule has 2 aliphatic rings. The highest BCUT2D eigenvalue weighted by atomic mass is 28.3. The van der Waals surface area contributed by atoms with Gasteiger partial charge in [-0.05, 0) is 80.7 Å². The third-order valence-electron chi connectivity index (χ3n) is 6.18. The minimum absolute atomic E-state index is 0.0889. The van der Waals surface area contributed by atoms with Gasteiger partial charge in [-0.15, -0.1) is 0 Å². The second-order valence-electron chi connectivity index (χ2n) is 8.85. The summed E-state index contributed by atoms with van der Waals surface area (Å²) in [6.07, 6.45) is 8.54. The predicted molar refractivity (Wildman–Crippen MR) is 90.6 cm³/mol. The zero-order valence-corrected chi connectivity index (χ0v) is 15.7. The summed E-state index contributed by atoms with van der Waals surface area (Å²) in [5, 5.41) is 10.1. The lowest BCUT2D eigenvalue weighted by molar-refractivity contribution is -0.0514. The fourth-order valence-corrected chi connectivity index (χ4v) is 5.12. The van der Waals surface area contributed by atoms with E-state index in [0.29, 0.717) is 16.7 Å². The molecule has 2 unspecified atom stereocenters. The first kappa shape index (κ1) is 17.5. The smallest absolute Gasteiger partial charge is 0.204 e. The van der Waals surface area contributed by atoms with Crippen molar-refractivity contribution in [3.63, 3.8) is 0 Å². The highest BCUT2D eigenvalue weighted by Gasteiger charge is 2.46. The molecule has 2 rings (SSSR count). The van der Waals surface area contributed by atoms with E-state index in [2.05, 4.69) is 33.9 Å². The van der Waals surface area contributed by atoms with Gasteiger partial charge in [-0.1, -0.05) is 20.8 Å². The van der Waals surface area contributed by atoms with Crippen LogP contribution in [0.4, 0.5) is 0 Å². The summed E-state index contributed by atoms with van der Waals surface area (Å²) in [7, 11) is -0.620. The summed E-state index contributed by atoms with van der Waals surface area (Å²) in [6, 6.07) is 0. The van der Waals surface area contributed by atoms with E-state index in [-0.39, 0.29) is 6.10 Å². The van der Waals surface area contributed by atoms with Crippen LogP contribution < -0.4 is 0 Å². The van der Waals surface area contributed by atoms with Crippen molar-refractivity contribution in [3.8, 4) is 0 Å². The van der Waals surface area contributed by atoms with Gasteiger partial charge in [0.15, 0.2) is 0 Å². The van der Waals surface area contributed by atoms with E-state index in [0.717, 1.165) is 25.4 Å². The molecule has 0 heterocycles. The minimum Gasteiger partial charge on any atom is -0.417 e. The molecule has 2 saturated carbocycles. The van der Waals surface area contributed by atoms with Crippen molar-refractivity contribution in [2.45, 2.75) is 84.9 Å². The molecular formula is C18H35O2Si. The van der Waals surface area contributed by atoms with Crippen LogP contribution in [0.5, 0.6) is 0 Å². The minimum atomic E-state index is -0.620. The Morgan fingerprint density at radius 1 is 1.10 bits per heavy atom. The Morgan fingerprint density at radius 2 is 1.67 bits per heavy atom. The van der Waals surface area contributed by atoms with E-state index in [1.54, 1.807) is 0 Å². The molecule has 0 aromatic heterocycles. The zero-order valence-electron chi connectivity index (χ0n) is 14.7. The third-order valence-corrected chi connectivity index (χ3v) is 6.92. The van der Waals surface area contributed by atoms with E-state index in [1.807, 2.05) is 0 Å². The highest BCUT2D eigenvalue weighted by molar-refractivity contribution is 6.48. The zero-order chi connectivity index (χ0) is 15.7. The quantitative estimate of drug-likeness (QED) is 0.770. The number of hydrogen-bond donors (Lipinski definition) is 1. The van der Waals surface area contributed by atoms with Gasteiger partial charge in [-0.25, -0.2) is 0 Å². The van der Waals surface area contributed by atoms with Gasteiger partial charge in [0, 0.05) is 6.61 Å². The maximum absolute atomic E-state index is 10.1. The van der Waals surface area contributed by atoms with Crippen molar-refractivity contribution in [2.75, 3.05) is 6.61 Å². The molecule has 0 saturated heterocycles. The Bertz CT molecular complexity index is 327. The Kier molecular flexibility index (Phi) is 5.59. The van der Waals surface area contributed by atoms with E-state index in [4.69, 9.17) is 4.43 Å². The fraction of sp³-hybridized carbons (Fsp3) is 1.00. The molecular weight excluding hydrogens is 276 g/mol. The molecule has 3 heteroatoms. The first-order valence-corrected chi connectivity index (χ1v) is 11.2. The van der Waals surface area contributed by atoms with E-state index >= 15 is 0 Å². The van der Waals surface area contributed by atoms with Crippen molar-refractivity contribution >= 4 is 9.04 Å². The third kappa shape index (κ3) is 4.32. The van der Waals surface area contributed by atoms with Gasteiger partial charge in [0.2, 0.25) is 9.04 Å². The fourth-order valence-electron chi connectivity index (χ4n) is 4.58. The van der Waals surface area contributed by atoms with Gasteiger partial charge < -0.3 is 9.53 Å². The molecule has 1 spiro atoms. The lowest BCUT2D eigenvalue weighted by Gasteiger charge is -2.51. The summed E-state index contributed by atoms with van der Waals surface area (Å²) in [4.78, 5) is 0. The predicted octanol–water partition coefficient (Wildman–Crippen LogP) is 4.64. The van der Waals surface area contributed by atoms with E-state index in [9.17, 15) is 5.11 Å². The molecule has 21 heavy (non-hydrogen) atoms. The topological polar surface area (TPSA) is 29.5 Å². The molecule has 1 N–H and O–H groups in total. The largest absolute Gasteiger partial charge is 0.417 e. The van der Waals surface area contributed by atoms with Crippen LogP contribution in [0.15, 0.2) is 0 Å². The van der Waals surface area contributed by atoms with Crippen LogP contribution in [-0.2, 0) is 4.43 Å². The van der Waals surface area contributed by atoms with Crippen LogP contribution in [0.25, 0.3) is 0 Å². The van der Waals surface area contributed by atoms with E-state index < -0.39 is 9.04 Å². The molecule has 2 aliphatic carbocycles. The molecule has 1 radical (unpaired) electrons. The first-order valence-electron chi connectivity index (χ1n) is 8.84. The van der Waals surface area contributed by atoms with Gasteiger partial charge in [-0.2, -0.15) is 0 Å². The summed E-state index contributed by atoms with van der Waals surface area (Å²) in [5.74, 6) is 1.45. The molecule has 2 atom stereocenters. The summed E-state index contributed by atoms with van der Waals surface area (Å²) in [5.41, 5.74) is 0.920. The number of hydrogen-bond acceptors (Lipinski definition) is 2. The maximum Gasteiger partial charge on any atom is 0.204 e. The Hall–Kier alpha value is 0.137. The highest BCUT2D eigenvalue weighted by Crippen LogP contribution is 2.54. The second kappa shape index (κ2) is 6.72. The van der Waals surface area contributed by atoms with Gasteiger partial charge in [0.1, 0.15) is 0 Å². The summed E-state index contributed by atoms with van der Waals surface area (Å²) < 4.78 is 6.04. The number of rotatable bonds is 3. The molecule has 0 aromatic carbocycles. The Labute approximate surface area is 133 Å². The van der Waals surface area contributed by atoms with Gasteiger partial charge in [0.25, 0.3) is 0 Å². The molecule has 0 aliphatic heterocycles. The number of aliphatic hydroxyl groups is 1. The van der Waals surface area contributed by atoms with Crippen LogP contribution in [0.3, 0.4) is 0 Å². The van der Waals surface area contributed by atoms with Crippen LogP contribution in [0.2, 0.25) is 13.1 Å². The van der Waals surface area contributed by atoms with Gasteiger partial charge in [0.05, 0.1) is 6.10 Å². The van der Waals surface area contributed by atoms with Crippen LogP contribution in [-0.4, -0.2) is 26.9 Å². The van der Waals surface area contributed by atoms with Crippen molar-refractivity contribution in [1.82, 2.24) is 0 Å². The average Bonchev–Trinajstić information content (AvgIpc) is 2.39. The molecule has 0 amide bonds. The van der Waals surface area contributed by atoms with Crippen molar-refractivity contribution in [1.29, 1.82) is 0 Å². The van der Waals surface area contributed by atoms with Crippen molar-refractivity contribution in [2.24, 2.45) is 22.7 Å². The molecule has 0 aromatic rings. The van der Waals surface area contributed by atoms with Gasteiger partial charge in [-0.3, -0.25) is 0 Å². The second-order valence-corrected chi connectivity index (χ2v) is 11.0. The Balaban J connectivity index is 2.01. The maximum atomic E-state index is 10.1. The normalized spacial score (nSPS) is 38.1. The van der Waals surface area contributed by atoms with Gasteiger partial charge >= 0.3 is 0 Å². The molecule has 123 valence electrons. The standard InChI is InChI=1S/C18H35O2Si/c1-17(2,3)14-6-9-18(10-7-14)11-8-16(19)12-15(18)13-20-21(4)5/h14-16,19H,6-13H2,1-5H3. The van der Waals surface area contributed by atoms with Crippen molar-refractivity contribution < 1.29 is 9.53 Å². The van der Waals surface area contributed by atoms with Crippen LogP contribution in [0.1, 0.15) is 65.7 Å². The van der Waals surface area contributed by atoms with Crippen LogP contribution in [0, 0.1) is 22.7 Å². The summed E-state index contributed by atoms with van der Waals surface area (Å²) in [6.45, 7) is 12.5. The van der Waals surface area contributed by atoms with E-state index in [1.165, 1.54) is 32.1 Å². The summed E-state index contributed by atoms with van der Waals surface area (Å²) >= 11 is 0. The molecule has 2 nitrogen and oxygen atoms in total. The van der Waals surface area contributed by atoms with Crippen molar-refractivity contribution in [3.05, 3.63) is 0 Å². The lowest BCUT2D eigenvalue weighted by atomic mass is 9.55. The average molecular weight is 312 g/mol. The lowest BCUT2D eigenvalue weighted by Crippen LogP contribution is -2.45. The Morgan fingerprint density at radius 3 is 2.19 bits per heavy atom. The monoisotopic (exact) mass is 311 g/mol. The number of aliphatic hydroxyl groups excluding tert-OH is 1. The molecule has 0 bridgehead atoms. The SMILES string of the molecule is C[Si](C)OCC1CC(O)CCC12CCC(C(C)(C)C)CC2.